The zero-order valence-corrected chi connectivity index (χ0v) is 11.1. The third-order valence-electron chi connectivity index (χ3n) is 3.03. The molecule has 0 spiro atoms. The number of rotatable bonds is 3. The van der Waals surface area contributed by atoms with Crippen molar-refractivity contribution in [3.8, 4) is 5.75 Å². The van der Waals surface area contributed by atoms with Gasteiger partial charge in [0.25, 0.3) is 5.91 Å². The van der Waals surface area contributed by atoms with Gasteiger partial charge in [-0.25, -0.2) is 0 Å². The molecule has 0 aliphatic heterocycles. The lowest BCUT2D eigenvalue weighted by atomic mass is 10.1. The third kappa shape index (κ3) is 3.13. The molecule has 0 bridgehead atoms. The highest BCUT2D eigenvalue weighted by molar-refractivity contribution is 6.05. The highest BCUT2D eigenvalue weighted by Crippen LogP contribution is 2.24. The van der Waals surface area contributed by atoms with Crippen molar-refractivity contribution in [1.29, 1.82) is 0 Å². The number of benzene rings is 2. The summed E-state index contributed by atoms with van der Waals surface area (Å²) in [6.45, 7) is 3.95. The van der Waals surface area contributed by atoms with E-state index in [1.807, 2.05) is 25.1 Å². The van der Waals surface area contributed by atoms with Crippen molar-refractivity contribution in [3.63, 3.8) is 0 Å². The van der Waals surface area contributed by atoms with Crippen LogP contribution in [0.1, 0.15) is 28.4 Å². The fourth-order valence-corrected chi connectivity index (χ4v) is 1.83. The van der Waals surface area contributed by atoms with Crippen LogP contribution in [0.25, 0.3) is 0 Å². The number of carbonyl (C=O) groups excluding carboxylic acids is 1. The second kappa shape index (κ2) is 5.57. The normalized spacial score (nSPS) is 10.2. The molecule has 19 heavy (non-hydrogen) atoms. The van der Waals surface area contributed by atoms with E-state index < -0.39 is 0 Å². The Morgan fingerprint density at radius 3 is 2.42 bits per heavy atom. The quantitative estimate of drug-likeness (QED) is 0.824. The molecule has 0 heterocycles. The fourth-order valence-electron chi connectivity index (χ4n) is 1.83. The number of phenols is 1. The first-order valence-electron chi connectivity index (χ1n) is 6.30. The Morgan fingerprint density at radius 2 is 1.84 bits per heavy atom. The maximum absolute atomic E-state index is 12.0. The molecule has 0 fully saturated rings. The lowest BCUT2D eigenvalue weighted by Gasteiger charge is -2.08. The maximum atomic E-state index is 12.0. The summed E-state index contributed by atoms with van der Waals surface area (Å²) in [5, 5.41) is 12.5. The first kappa shape index (κ1) is 13.1. The number of anilines is 1. The average molecular weight is 255 g/mol. The molecule has 2 N–H and O–H groups in total. The van der Waals surface area contributed by atoms with Crippen molar-refractivity contribution < 1.29 is 9.90 Å². The Kier molecular flexibility index (Phi) is 3.85. The maximum Gasteiger partial charge on any atom is 0.255 e. The second-order valence-corrected chi connectivity index (χ2v) is 4.53. The van der Waals surface area contributed by atoms with Crippen LogP contribution in [0.2, 0.25) is 0 Å². The van der Waals surface area contributed by atoms with E-state index >= 15 is 0 Å². The molecule has 0 saturated heterocycles. The fraction of sp³-hybridized carbons (Fsp3) is 0.188. The van der Waals surface area contributed by atoms with Gasteiger partial charge in [-0.15, -0.1) is 0 Å². The van der Waals surface area contributed by atoms with E-state index in [2.05, 4.69) is 12.2 Å². The molecule has 2 aromatic carbocycles. The molecule has 3 heteroatoms. The van der Waals surface area contributed by atoms with Crippen LogP contribution < -0.4 is 5.32 Å². The van der Waals surface area contributed by atoms with Crippen LogP contribution in [0, 0.1) is 6.92 Å². The molecule has 0 atom stereocenters. The summed E-state index contributed by atoms with van der Waals surface area (Å²) < 4.78 is 0. The monoisotopic (exact) mass is 255 g/mol. The Hall–Kier alpha value is -2.29. The summed E-state index contributed by atoms with van der Waals surface area (Å²) in [5.41, 5.74) is 3.14. The van der Waals surface area contributed by atoms with Gasteiger partial charge in [0.05, 0.1) is 5.69 Å². The van der Waals surface area contributed by atoms with E-state index in [1.165, 1.54) is 5.56 Å². The molecule has 1 amide bonds. The van der Waals surface area contributed by atoms with Crippen molar-refractivity contribution >= 4 is 11.6 Å². The van der Waals surface area contributed by atoms with E-state index in [0.29, 0.717) is 11.3 Å². The van der Waals surface area contributed by atoms with E-state index in [9.17, 15) is 9.90 Å². The second-order valence-electron chi connectivity index (χ2n) is 4.53. The number of carbonyl (C=O) groups is 1. The van der Waals surface area contributed by atoms with Crippen LogP contribution in [-0.2, 0) is 6.42 Å². The van der Waals surface area contributed by atoms with Gasteiger partial charge in [0.2, 0.25) is 0 Å². The lowest BCUT2D eigenvalue weighted by Crippen LogP contribution is -2.11. The average Bonchev–Trinajstić information content (AvgIpc) is 2.42. The lowest BCUT2D eigenvalue weighted by molar-refractivity contribution is 0.102. The molecule has 2 rings (SSSR count). The van der Waals surface area contributed by atoms with E-state index in [4.69, 9.17) is 0 Å². The highest BCUT2D eigenvalue weighted by atomic mass is 16.3. The molecule has 0 saturated carbocycles. The van der Waals surface area contributed by atoms with Gasteiger partial charge in [-0.2, -0.15) is 0 Å². The van der Waals surface area contributed by atoms with Crippen LogP contribution in [0.3, 0.4) is 0 Å². The molecule has 0 aliphatic carbocycles. The van der Waals surface area contributed by atoms with E-state index in [0.717, 1.165) is 12.0 Å². The largest absolute Gasteiger partial charge is 0.506 e. The molecular formula is C16H17NO2. The van der Waals surface area contributed by atoms with Gasteiger partial charge >= 0.3 is 0 Å². The van der Waals surface area contributed by atoms with E-state index in [1.54, 1.807) is 24.3 Å². The summed E-state index contributed by atoms with van der Waals surface area (Å²) in [4.78, 5) is 12.0. The molecule has 0 unspecified atom stereocenters. The summed E-state index contributed by atoms with van der Waals surface area (Å²) in [6, 6.07) is 12.6. The number of phenolic OH excluding ortho intramolecular Hbond substituents is 1. The predicted molar refractivity (Wildman–Crippen MR) is 76.6 cm³/mol. The van der Waals surface area contributed by atoms with Crippen LogP contribution >= 0.6 is 0 Å². The number of aryl methyl sites for hydroxylation is 2. The zero-order chi connectivity index (χ0) is 13.8. The van der Waals surface area contributed by atoms with Crippen LogP contribution in [0.4, 0.5) is 5.69 Å². The summed E-state index contributed by atoms with van der Waals surface area (Å²) in [5.74, 6) is -0.139. The van der Waals surface area contributed by atoms with Crippen molar-refractivity contribution in [2.75, 3.05) is 5.32 Å². The molecule has 0 radical (unpaired) electrons. The first-order chi connectivity index (χ1) is 9.10. The molecule has 2 aromatic rings. The van der Waals surface area contributed by atoms with Crippen molar-refractivity contribution in [2.24, 2.45) is 0 Å². The SMILES string of the molecule is CCc1ccc(C(=O)Nc2ccc(C)cc2O)cc1. The smallest absolute Gasteiger partial charge is 0.255 e. The Balaban J connectivity index is 2.15. The Morgan fingerprint density at radius 1 is 1.16 bits per heavy atom. The zero-order valence-electron chi connectivity index (χ0n) is 11.1. The van der Waals surface area contributed by atoms with Gasteiger partial charge in [0, 0.05) is 5.56 Å². The topological polar surface area (TPSA) is 49.3 Å². The molecular weight excluding hydrogens is 238 g/mol. The summed E-state index contributed by atoms with van der Waals surface area (Å²) in [7, 11) is 0. The molecule has 0 aliphatic rings. The van der Waals surface area contributed by atoms with Gasteiger partial charge in [0.1, 0.15) is 5.75 Å². The van der Waals surface area contributed by atoms with Gasteiger partial charge in [-0.1, -0.05) is 25.1 Å². The van der Waals surface area contributed by atoms with Crippen molar-refractivity contribution in [3.05, 3.63) is 59.2 Å². The molecule has 98 valence electrons. The van der Waals surface area contributed by atoms with Gasteiger partial charge in [-0.05, 0) is 48.7 Å². The van der Waals surface area contributed by atoms with E-state index in [-0.39, 0.29) is 11.7 Å². The highest BCUT2D eigenvalue weighted by Gasteiger charge is 2.08. The number of aromatic hydroxyl groups is 1. The number of hydrogen-bond donors (Lipinski definition) is 2. The Labute approximate surface area is 112 Å². The van der Waals surface area contributed by atoms with Gasteiger partial charge in [0.15, 0.2) is 0 Å². The van der Waals surface area contributed by atoms with Crippen molar-refractivity contribution in [2.45, 2.75) is 20.3 Å². The third-order valence-corrected chi connectivity index (χ3v) is 3.03. The predicted octanol–water partition coefficient (Wildman–Crippen LogP) is 3.52. The molecule has 3 nitrogen and oxygen atoms in total. The van der Waals surface area contributed by atoms with Crippen molar-refractivity contribution in [1.82, 2.24) is 0 Å². The molecule has 0 aromatic heterocycles. The van der Waals surface area contributed by atoms with Gasteiger partial charge in [-0.3, -0.25) is 4.79 Å². The van der Waals surface area contributed by atoms with Gasteiger partial charge < -0.3 is 10.4 Å². The summed E-state index contributed by atoms with van der Waals surface area (Å²) in [6.07, 6.45) is 0.945. The minimum atomic E-state index is -0.221. The minimum Gasteiger partial charge on any atom is -0.506 e. The minimum absolute atomic E-state index is 0.0820. The first-order valence-corrected chi connectivity index (χ1v) is 6.30. The van der Waals surface area contributed by atoms with Crippen LogP contribution in [0.5, 0.6) is 5.75 Å². The standard InChI is InChI=1S/C16H17NO2/c1-3-12-5-7-13(8-6-12)16(19)17-14-9-4-11(2)10-15(14)18/h4-10,18H,3H2,1-2H3,(H,17,19). The number of nitrogens with one attached hydrogen (secondary N) is 1. The Bertz CT molecular complexity index is 588. The van der Waals surface area contributed by atoms with Crippen LogP contribution in [-0.4, -0.2) is 11.0 Å². The van der Waals surface area contributed by atoms with Crippen LogP contribution in [0.15, 0.2) is 42.5 Å². The number of hydrogen-bond acceptors (Lipinski definition) is 2. The summed E-state index contributed by atoms with van der Waals surface area (Å²) >= 11 is 0. The number of amides is 1.